The lowest BCUT2D eigenvalue weighted by Crippen LogP contribution is -2.10. The molecule has 1 heterocycles. The molecule has 17 heavy (non-hydrogen) atoms. The second-order valence-electron chi connectivity index (χ2n) is 3.54. The number of amides is 1. The van der Waals surface area contributed by atoms with Crippen LogP contribution in [0.15, 0.2) is 42.6 Å². The number of pyridine rings is 1. The van der Waals surface area contributed by atoms with Gasteiger partial charge in [0.15, 0.2) is 0 Å². The van der Waals surface area contributed by atoms with Crippen molar-refractivity contribution in [2.24, 2.45) is 5.73 Å². The number of nitrogen functional groups attached to an aromatic ring is 1. The number of nitrogens with two attached hydrogens (primary N) is 2. The average molecular weight is 228 g/mol. The Kier molecular flexibility index (Phi) is 2.91. The lowest BCUT2D eigenvalue weighted by molar-refractivity contribution is 0.100. The summed E-state index contributed by atoms with van der Waals surface area (Å²) in [7, 11) is 0. The van der Waals surface area contributed by atoms with Crippen molar-refractivity contribution in [1.82, 2.24) is 4.98 Å². The molecule has 0 aliphatic heterocycles. The van der Waals surface area contributed by atoms with Crippen LogP contribution in [0.3, 0.4) is 0 Å². The maximum Gasteiger partial charge on any atom is 0.248 e. The highest BCUT2D eigenvalue weighted by Crippen LogP contribution is 2.18. The van der Waals surface area contributed by atoms with Crippen LogP contribution < -0.4 is 16.8 Å². The molecular formula is C12H12N4O. The third-order valence-electron chi connectivity index (χ3n) is 2.22. The molecule has 0 saturated heterocycles. The van der Waals surface area contributed by atoms with Gasteiger partial charge in [0.25, 0.3) is 0 Å². The van der Waals surface area contributed by atoms with Crippen molar-refractivity contribution in [3.63, 3.8) is 0 Å². The molecule has 5 heteroatoms. The molecule has 2 rings (SSSR count). The molecule has 5 nitrogen and oxygen atoms in total. The van der Waals surface area contributed by atoms with Crippen molar-refractivity contribution in [1.29, 1.82) is 0 Å². The van der Waals surface area contributed by atoms with E-state index in [1.807, 2.05) is 6.07 Å². The van der Waals surface area contributed by atoms with E-state index >= 15 is 0 Å². The van der Waals surface area contributed by atoms with Crippen LogP contribution in [0.25, 0.3) is 0 Å². The number of rotatable bonds is 3. The Hall–Kier alpha value is -2.56. The standard InChI is InChI=1S/C12H12N4O/c13-11-7-10(4-5-15-11)16-9-3-1-2-8(6-9)12(14)17/h1-7H,(H2,14,17)(H3,13,15,16). The second kappa shape index (κ2) is 4.52. The Morgan fingerprint density at radius 1 is 1.18 bits per heavy atom. The molecule has 2 aromatic rings. The molecule has 1 aromatic carbocycles. The topological polar surface area (TPSA) is 94.0 Å². The third kappa shape index (κ3) is 2.72. The Balaban J connectivity index is 2.24. The fraction of sp³-hybridized carbons (Fsp3) is 0. The first-order valence-electron chi connectivity index (χ1n) is 5.03. The van der Waals surface area contributed by atoms with Crippen LogP contribution in [0.1, 0.15) is 10.4 Å². The quantitative estimate of drug-likeness (QED) is 0.742. The molecule has 0 aliphatic carbocycles. The van der Waals surface area contributed by atoms with Crippen molar-refractivity contribution < 1.29 is 4.79 Å². The van der Waals surface area contributed by atoms with E-state index in [4.69, 9.17) is 11.5 Å². The molecule has 0 atom stereocenters. The Morgan fingerprint density at radius 3 is 2.65 bits per heavy atom. The normalized spacial score (nSPS) is 9.88. The SMILES string of the molecule is NC(=O)c1cccc(Nc2ccnc(N)c2)c1. The van der Waals surface area contributed by atoms with Gasteiger partial charge in [-0.2, -0.15) is 0 Å². The monoisotopic (exact) mass is 228 g/mol. The number of anilines is 3. The number of carbonyl (C=O) groups is 1. The minimum atomic E-state index is -0.456. The van der Waals surface area contributed by atoms with Gasteiger partial charge in [0.05, 0.1) is 0 Å². The lowest BCUT2D eigenvalue weighted by atomic mass is 10.2. The molecule has 0 spiro atoms. The molecule has 0 bridgehead atoms. The van der Waals surface area contributed by atoms with Gasteiger partial charge in [-0.25, -0.2) is 4.98 Å². The minimum absolute atomic E-state index is 0.432. The summed E-state index contributed by atoms with van der Waals surface area (Å²) < 4.78 is 0. The van der Waals surface area contributed by atoms with E-state index in [0.29, 0.717) is 11.4 Å². The summed E-state index contributed by atoms with van der Waals surface area (Å²) in [6.07, 6.45) is 1.61. The Labute approximate surface area is 98.5 Å². The Morgan fingerprint density at radius 2 is 1.94 bits per heavy atom. The van der Waals surface area contributed by atoms with Crippen LogP contribution in [0.2, 0.25) is 0 Å². The van der Waals surface area contributed by atoms with Gasteiger partial charge in [0, 0.05) is 29.2 Å². The van der Waals surface area contributed by atoms with Gasteiger partial charge >= 0.3 is 0 Å². The molecule has 0 aliphatic rings. The van der Waals surface area contributed by atoms with E-state index in [9.17, 15) is 4.79 Å². The molecule has 86 valence electrons. The maximum absolute atomic E-state index is 11.0. The highest BCUT2D eigenvalue weighted by atomic mass is 16.1. The van der Waals surface area contributed by atoms with E-state index in [0.717, 1.165) is 11.4 Å². The smallest absolute Gasteiger partial charge is 0.248 e. The highest BCUT2D eigenvalue weighted by molar-refractivity contribution is 5.93. The minimum Gasteiger partial charge on any atom is -0.384 e. The number of hydrogen-bond acceptors (Lipinski definition) is 4. The van der Waals surface area contributed by atoms with E-state index in [-0.39, 0.29) is 0 Å². The lowest BCUT2D eigenvalue weighted by Gasteiger charge is -2.07. The van der Waals surface area contributed by atoms with E-state index in [1.54, 1.807) is 36.5 Å². The number of hydrogen-bond donors (Lipinski definition) is 3. The first kappa shape index (κ1) is 10.9. The second-order valence-corrected chi connectivity index (χ2v) is 3.54. The summed E-state index contributed by atoms with van der Waals surface area (Å²) in [6, 6.07) is 10.4. The van der Waals surface area contributed by atoms with Crippen LogP contribution >= 0.6 is 0 Å². The largest absolute Gasteiger partial charge is 0.384 e. The zero-order chi connectivity index (χ0) is 12.3. The molecule has 0 radical (unpaired) electrons. The van der Waals surface area contributed by atoms with Crippen molar-refractivity contribution in [3.05, 3.63) is 48.2 Å². The summed E-state index contributed by atoms with van der Waals surface area (Å²) in [4.78, 5) is 14.9. The zero-order valence-corrected chi connectivity index (χ0v) is 9.05. The van der Waals surface area contributed by atoms with Crippen LogP contribution in [0.5, 0.6) is 0 Å². The average Bonchev–Trinajstić information content (AvgIpc) is 2.29. The maximum atomic E-state index is 11.0. The summed E-state index contributed by atoms with van der Waals surface area (Å²) in [5, 5.41) is 3.11. The number of primary amides is 1. The number of carbonyl (C=O) groups excluding carboxylic acids is 1. The Bertz CT molecular complexity index is 554. The van der Waals surface area contributed by atoms with Crippen LogP contribution in [0, 0.1) is 0 Å². The number of nitrogens with zero attached hydrogens (tertiary/aromatic N) is 1. The third-order valence-corrected chi connectivity index (χ3v) is 2.22. The zero-order valence-electron chi connectivity index (χ0n) is 9.05. The highest BCUT2D eigenvalue weighted by Gasteiger charge is 2.01. The molecular weight excluding hydrogens is 216 g/mol. The molecule has 0 saturated carbocycles. The predicted molar refractivity (Wildman–Crippen MR) is 66.9 cm³/mol. The number of nitrogens with one attached hydrogen (secondary N) is 1. The molecule has 5 N–H and O–H groups in total. The van der Waals surface area contributed by atoms with E-state index in [1.165, 1.54) is 0 Å². The van der Waals surface area contributed by atoms with Crippen LogP contribution in [0.4, 0.5) is 17.2 Å². The molecule has 0 fully saturated rings. The predicted octanol–water partition coefficient (Wildman–Crippen LogP) is 1.51. The van der Waals surface area contributed by atoms with Gasteiger partial charge < -0.3 is 16.8 Å². The van der Waals surface area contributed by atoms with E-state index < -0.39 is 5.91 Å². The summed E-state index contributed by atoms with van der Waals surface area (Å²) >= 11 is 0. The fourth-order valence-electron chi connectivity index (χ4n) is 1.44. The first-order chi connectivity index (χ1) is 8.15. The van der Waals surface area contributed by atoms with Gasteiger partial charge in [-0.3, -0.25) is 4.79 Å². The molecule has 1 aromatic heterocycles. The van der Waals surface area contributed by atoms with Gasteiger partial charge in [0.1, 0.15) is 5.82 Å². The van der Waals surface area contributed by atoms with Crippen molar-refractivity contribution in [2.75, 3.05) is 11.1 Å². The van der Waals surface area contributed by atoms with Crippen molar-refractivity contribution in [3.8, 4) is 0 Å². The van der Waals surface area contributed by atoms with Crippen molar-refractivity contribution >= 4 is 23.1 Å². The van der Waals surface area contributed by atoms with Crippen LogP contribution in [-0.2, 0) is 0 Å². The van der Waals surface area contributed by atoms with Crippen molar-refractivity contribution in [2.45, 2.75) is 0 Å². The summed E-state index contributed by atoms with van der Waals surface area (Å²) in [5.74, 6) is -0.0241. The van der Waals surface area contributed by atoms with Gasteiger partial charge in [0.2, 0.25) is 5.91 Å². The fourth-order valence-corrected chi connectivity index (χ4v) is 1.44. The molecule has 0 unspecified atom stereocenters. The van der Waals surface area contributed by atoms with Crippen LogP contribution in [-0.4, -0.2) is 10.9 Å². The van der Waals surface area contributed by atoms with Gasteiger partial charge in [-0.05, 0) is 24.3 Å². The van der Waals surface area contributed by atoms with Gasteiger partial charge in [-0.1, -0.05) is 6.07 Å². The number of aromatic nitrogens is 1. The van der Waals surface area contributed by atoms with E-state index in [2.05, 4.69) is 10.3 Å². The summed E-state index contributed by atoms with van der Waals surface area (Å²) in [5.41, 5.74) is 12.8. The number of benzene rings is 1. The summed E-state index contributed by atoms with van der Waals surface area (Å²) in [6.45, 7) is 0. The first-order valence-corrected chi connectivity index (χ1v) is 5.03. The van der Waals surface area contributed by atoms with Gasteiger partial charge in [-0.15, -0.1) is 0 Å². The molecule has 1 amide bonds.